The van der Waals surface area contributed by atoms with Crippen LogP contribution in [-0.4, -0.2) is 16.7 Å². The Kier molecular flexibility index (Phi) is 5.66. The molecule has 1 aromatic heterocycles. The van der Waals surface area contributed by atoms with E-state index in [9.17, 15) is 4.79 Å². The molecule has 4 nitrogen and oxygen atoms in total. The van der Waals surface area contributed by atoms with Crippen molar-refractivity contribution in [2.75, 3.05) is 5.32 Å². The van der Waals surface area contributed by atoms with Crippen LogP contribution in [-0.2, 0) is 10.5 Å². The molecule has 0 saturated heterocycles. The molecular formula is C18H22N2O2S. The van der Waals surface area contributed by atoms with E-state index in [4.69, 9.17) is 4.74 Å². The molecule has 0 spiro atoms. The number of pyridine rings is 1. The van der Waals surface area contributed by atoms with E-state index in [0.717, 1.165) is 16.3 Å². The zero-order chi connectivity index (χ0) is 16.9. The van der Waals surface area contributed by atoms with E-state index in [1.54, 1.807) is 11.8 Å². The first-order valence-corrected chi connectivity index (χ1v) is 8.45. The van der Waals surface area contributed by atoms with Gasteiger partial charge in [-0.3, -0.25) is 10.3 Å². The van der Waals surface area contributed by atoms with E-state index < -0.39 is 11.7 Å². The zero-order valence-electron chi connectivity index (χ0n) is 13.9. The molecule has 0 aliphatic heterocycles. The van der Waals surface area contributed by atoms with Crippen molar-refractivity contribution in [1.82, 2.24) is 4.98 Å². The average molecular weight is 330 g/mol. The number of carbonyl (C=O) groups excluding carboxylic acids is 1. The van der Waals surface area contributed by atoms with Crippen LogP contribution >= 0.6 is 11.8 Å². The van der Waals surface area contributed by atoms with Crippen molar-refractivity contribution < 1.29 is 9.53 Å². The normalized spacial score (nSPS) is 11.1. The molecule has 0 fully saturated rings. The molecule has 23 heavy (non-hydrogen) atoms. The third kappa shape index (κ3) is 5.94. The van der Waals surface area contributed by atoms with Crippen molar-refractivity contribution >= 4 is 23.5 Å². The molecule has 0 atom stereocenters. The Bertz CT molecular complexity index is 666. The maximum Gasteiger partial charge on any atom is 0.412 e. The summed E-state index contributed by atoms with van der Waals surface area (Å²) in [5.41, 5.74) is 2.17. The second kappa shape index (κ2) is 7.51. The number of benzene rings is 1. The zero-order valence-corrected chi connectivity index (χ0v) is 14.7. The lowest BCUT2D eigenvalue weighted by molar-refractivity contribution is 0.0635. The number of amides is 1. The number of hydrogen-bond donors (Lipinski definition) is 1. The van der Waals surface area contributed by atoms with Crippen LogP contribution in [0.4, 0.5) is 10.5 Å². The summed E-state index contributed by atoms with van der Waals surface area (Å²) < 4.78 is 5.28. The van der Waals surface area contributed by atoms with Crippen molar-refractivity contribution in [3.8, 4) is 0 Å². The molecule has 0 aliphatic rings. The van der Waals surface area contributed by atoms with Crippen LogP contribution in [0.15, 0.2) is 47.5 Å². The fraction of sp³-hybridized carbons (Fsp3) is 0.333. The number of ether oxygens (including phenoxy) is 1. The summed E-state index contributed by atoms with van der Waals surface area (Å²) in [4.78, 5) is 17.3. The van der Waals surface area contributed by atoms with Crippen LogP contribution in [0, 0.1) is 6.92 Å². The minimum absolute atomic E-state index is 0.465. The molecule has 0 aliphatic carbocycles. The lowest BCUT2D eigenvalue weighted by Gasteiger charge is -2.20. The molecular weight excluding hydrogens is 308 g/mol. The SMILES string of the molecule is Cc1ncc(SCc2ccccc2)cc1NC(=O)OC(C)(C)C. The van der Waals surface area contributed by atoms with Gasteiger partial charge in [0.2, 0.25) is 0 Å². The summed E-state index contributed by atoms with van der Waals surface area (Å²) in [6, 6.07) is 12.2. The van der Waals surface area contributed by atoms with Gasteiger partial charge in [-0.1, -0.05) is 30.3 Å². The van der Waals surface area contributed by atoms with E-state index >= 15 is 0 Å². The largest absolute Gasteiger partial charge is 0.444 e. The highest BCUT2D eigenvalue weighted by atomic mass is 32.2. The summed E-state index contributed by atoms with van der Waals surface area (Å²) in [5.74, 6) is 0.859. The van der Waals surface area contributed by atoms with E-state index in [1.807, 2.05) is 58.2 Å². The molecule has 122 valence electrons. The van der Waals surface area contributed by atoms with Crippen LogP contribution < -0.4 is 5.32 Å². The van der Waals surface area contributed by atoms with Crippen LogP contribution in [0.1, 0.15) is 32.0 Å². The fourth-order valence-corrected chi connectivity index (χ4v) is 2.73. The highest BCUT2D eigenvalue weighted by Gasteiger charge is 2.17. The van der Waals surface area contributed by atoms with E-state index in [1.165, 1.54) is 5.56 Å². The van der Waals surface area contributed by atoms with Gasteiger partial charge in [0.05, 0.1) is 11.4 Å². The van der Waals surface area contributed by atoms with Crippen molar-refractivity contribution in [1.29, 1.82) is 0 Å². The molecule has 2 aromatic rings. The third-order valence-corrected chi connectivity index (χ3v) is 3.98. The number of anilines is 1. The van der Waals surface area contributed by atoms with Crippen molar-refractivity contribution in [2.45, 2.75) is 43.9 Å². The van der Waals surface area contributed by atoms with Gasteiger partial charge in [-0.25, -0.2) is 4.79 Å². The minimum atomic E-state index is -0.523. The van der Waals surface area contributed by atoms with E-state index in [-0.39, 0.29) is 0 Å². The Balaban J connectivity index is 2.02. The molecule has 1 amide bonds. The Hall–Kier alpha value is -2.01. The van der Waals surface area contributed by atoms with Crippen LogP contribution in [0.25, 0.3) is 0 Å². The molecule has 1 N–H and O–H groups in total. The van der Waals surface area contributed by atoms with E-state index in [2.05, 4.69) is 22.4 Å². The van der Waals surface area contributed by atoms with Crippen LogP contribution in [0.5, 0.6) is 0 Å². The van der Waals surface area contributed by atoms with Gasteiger partial charge < -0.3 is 4.74 Å². The second-order valence-electron chi connectivity index (χ2n) is 6.21. The average Bonchev–Trinajstić information content (AvgIpc) is 2.47. The van der Waals surface area contributed by atoms with Crippen molar-refractivity contribution in [3.63, 3.8) is 0 Å². The summed E-state index contributed by atoms with van der Waals surface area (Å²) in [6.45, 7) is 7.37. The summed E-state index contributed by atoms with van der Waals surface area (Å²) in [7, 11) is 0. The number of hydrogen-bond acceptors (Lipinski definition) is 4. The molecule has 1 heterocycles. The predicted octanol–water partition coefficient (Wildman–Crippen LogP) is 5.03. The Morgan fingerprint density at radius 2 is 1.96 bits per heavy atom. The second-order valence-corrected chi connectivity index (χ2v) is 7.25. The molecule has 0 unspecified atom stereocenters. The van der Waals surface area contributed by atoms with Gasteiger partial charge >= 0.3 is 6.09 Å². The quantitative estimate of drug-likeness (QED) is 0.799. The number of carbonyl (C=O) groups is 1. The van der Waals surface area contributed by atoms with Gasteiger partial charge in [0.15, 0.2) is 0 Å². The maximum absolute atomic E-state index is 11.9. The van der Waals surface area contributed by atoms with Crippen molar-refractivity contribution in [3.05, 3.63) is 53.9 Å². The molecule has 0 saturated carbocycles. The number of aromatic nitrogens is 1. The van der Waals surface area contributed by atoms with Crippen LogP contribution in [0.2, 0.25) is 0 Å². The molecule has 0 radical (unpaired) electrons. The summed E-state index contributed by atoms with van der Waals surface area (Å²) >= 11 is 1.68. The predicted molar refractivity (Wildman–Crippen MR) is 94.8 cm³/mol. The first-order chi connectivity index (χ1) is 10.8. The molecule has 1 aromatic carbocycles. The standard InChI is InChI=1S/C18H22N2O2S/c1-13-16(20-17(21)22-18(2,3)4)10-15(11-19-13)23-12-14-8-6-5-7-9-14/h5-11H,12H2,1-4H3,(H,20,21). The maximum atomic E-state index is 11.9. The van der Waals surface area contributed by atoms with Gasteiger partial charge in [-0.2, -0.15) is 0 Å². The highest BCUT2D eigenvalue weighted by Crippen LogP contribution is 2.26. The smallest absolute Gasteiger partial charge is 0.412 e. The Morgan fingerprint density at radius 3 is 2.61 bits per heavy atom. The highest BCUT2D eigenvalue weighted by molar-refractivity contribution is 7.98. The molecule has 2 rings (SSSR count). The summed E-state index contributed by atoms with van der Waals surface area (Å²) in [5, 5.41) is 2.77. The fourth-order valence-electron chi connectivity index (χ4n) is 1.87. The third-order valence-electron chi connectivity index (χ3n) is 2.95. The Morgan fingerprint density at radius 1 is 1.26 bits per heavy atom. The number of nitrogens with zero attached hydrogens (tertiary/aromatic N) is 1. The molecule has 0 bridgehead atoms. The first-order valence-electron chi connectivity index (χ1n) is 7.47. The van der Waals surface area contributed by atoms with Gasteiger partial charge in [-0.15, -0.1) is 11.8 Å². The number of rotatable bonds is 4. The first kappa shape index (κ1) is 17.3. The van der Waals surface area contributed by atoms with Crippen molar-refractivity contribution in [2.24, 2.45) is 0 Å². The van der Waals surface area contributed by atoms with Gasteiger partial charge in [-0.05, 0) is 39.3 Å². The van der Waals surface area contributed by atoms with Crippen LogP contribution in [0.3, 0.4) is 0 Å². The van der Waals surface area contributed by atoms with E-state index in [0.29, 0.717) is 5.69 Å². The summed E-state index contributed by atoms with van der Waals surface area (Å²) in [6.07, 6.45) is 1.36. The lowest BCUT2D eigenvalue weighted by atomic mass is 10.2. The van der Waals surface area contributed by atoms with Gasteiger partial charge in [0.25, 0.3) is 0 Å². The number of aryl methyl sites for hydroxylation is 1. The molecule has 5 heteroatoms. The Labute approximate surface area is 141 Å². The topological polar surface area (TPSA) is 51.2 Å². The lowest BCUT2D eigenvalue weighted by Crippen LogP contribution is -2.27. The minimum Gasteiger partial charge on any atom is -0.444 e. The number of thioether (sulfide) groups is 1. The van der Waals surface area contributed by atoms with Gasteiger partial charge in [0, 0.05) is 16.8 Å². The monoisotopic (exact) mass is 330 g/mol. The van der Waals surface area contributed by atoms with Gasteiger partial charge in [0.1, 0.15) is 5.60 Å². The number of nitrogens with one attached hydrogen (secondary N) is 1.